The van der Waals surface area contributed by atoms with Crippen LogP contribution >= 0.6 is 0 Å². The molecule has 0 fully saturated rings. The fourth-order valence-electron chi connectivity index (χ4n) is 0.800. The van der Waals surface area contributed by atoms with Crippen LogP contribution in [0.25, 0.3) is 0 Å². The first-order valence-electron chi connectivity index (χ1n) is 3.56. The largest absolute Gasteiger partial charge is 0.480 e. The Bertz CT molecular complexity index is 160. The molecule has 0 bridgehead atoms. The van der Waals surface area contributed by atoms with Crippen LogP contribution < -0.4 is 5.32 Å². The monoisotopic (exact) mass is 155 g/mol. The molecule has 0 amide bonds. The summed E-state index contributed by atoms with van der Waals surface area (Å²) in [5.41, 5.74) is 0. The standard InChI is InChI=1S/C8H13NO2/c1-3-4-5-6-7(9-2)8(10)11/h1,7,9H,4-6H2,2H3,(H,10,11). The van der Waals surface area contributed by atoms with E-state index in [1.54, 1.807) is 7.05 Å². The van der Waals surface area contributed by atoms with Crippen molar-refractivity contribution >= 4 is 5.97 Å². The fraction of sp³-hybridized carbons (Fsp3) is 0.625. The second kappa shape index (κ2) is 5.75. The first-order chi connectivity index (χ1) is 5.22. The summed E-state index contributed by atoms with van der Waals surface area (Å²) in [4.78, 5) is 10.4. The van der Waals surface area contributed by atoms with Crippen LogP contribution in [0.3, 0.4) is 0 Å². The Hall–Kier alpha value is -1.01. The lowest BCUT2D eigenvalue weighted by atomic mass is 10.1. The smallest absolute Gasteiger partial charge is 0.320 e. The number of carboxylic acid groups (broad SMARTS) is 1. The van der Waals surface area contributed by atoms with Crippen LogP contribution in [0, 0.1) is 12.3 Å². The molecule has 2 N–H and O–H groups in total. The molecule has 1 unspecified atom stereocenters. The van der Waals surface area contributed by atoms with Gasteiger partial charge in [-0.15, -0.1) is 12.3 Å². The van der Waals surface area contributed by atoms with E-state index in [4.69, 9.17) is 11.5 Å². The second-order valence-electron chi connectivity index (χ2n) is 2.28. The molecule has 0 saturated carbocycles. The molecule has 0 radical (unpaired) electrons. The Kier molecular flexibility index (Phi) is 5.22. The lowest BCUT2D eigenvalue weighted by Crippen LogP contribution is -2.33. The van der Waals surface area contributed by atoms with Crippen molar-refractivity contribution < 1.29 is 9.90 Å². The first-order valence-corrected chi connectivity index (χ1v) is 3.56. The van der Waals surface area contributed by atoms with E-state index in [1.165, 1.54) is 0 Å². The van der Waals surface area contributed by atoms with Gasteiger partial charge in [-0.05, 0) is 19.9 Å². The van der Waals surface area contributed by atoms with Gasteiger partial charge in [0.1, 0.15) is 6.04 Å². The van der Waals surface area contributed by atoms with Gasteiger partial charge in [0.15, 0.2) is 0 Å². The average Bonchev–Trinajstić information content (AvgIpc) is 1.97. The maximum Gasteiger partial charge on any atom is 0.320 e. The van der Waals surface area contributed by atoms with E-state index in [-0.39, 0.29) is 0 Å². The van der Waals surface area contributed by atoms with Crippen molar-refractivity contribution in [2.75, 3.05) is 7.05 Å². The quantitative estimate of drug-likeness (QED) is 0.448. The third-order valence-electron chi connectivity index (χ3n) is 1.46. The molecule has 3 nitrogen and oxygen atoms in total. The normalized spacial score (nSPS) is 12.0. The third kappa shape index (κ3) is 4.40. The predicted molar refractivity (Wildman–Crippen MR) is 43.2 cm³/mol. The van der Waals surface area contributed by atoms with Crippen LogP contribution in [0.5, 0.6) is 0 Å². The molecule has 0 aromatic carbocycles. The molecule has 0 aromatic heterocycles. The molecule has 0 aromatic rings. The molecule has 11 heavy (non-hydrogen) atoms. The molecular weight excluding hydrogens is 142 g/mol. The van der Waals surface area contributed by atoms with Gasteiger partial charge >= 0.3 is 5.97 Å². The molecule has 62 valence electrons. The molecular formula is C8H13NO2. The van der Waals surface area contributed by atoms with Gasteiger partial charge in [0, 0.05) is 6.42 Å². The van der Waals surface area contributed by atoms with Gasteiger partial charge < -0.3 is 10.4 Å². The van der Waals surface area contributed by atoms with Crippen molar-refractivity contribution in [2.45, 2.75) is 25.3 Å². The van der Waals surface area contributed by atoms with Crippen molar-refractivity contribution in [2.24, 2.45) is 0 Å². The fourth-order valence-corrected chi connectivity index (χ4v) is 0.800. The summed E-state index contributed by atoms with van der Waals surface area (Å²) in [5, 5.41) is 11.3. The number of nitrogens with one attached hydrogen (secondary N) is 1. The van der Waals surface area contributed by atoms with Crippen LogP contribution in [0.4, 0.5) is 0 Å². The Morgan fingerprint density at radius 1 is 1.82 bits per heavy atom. The lowest BCUT2D eigenvalue weighted by Gasteiger charge is -2.08. The lowest BCUT2D eigenvalue weighted by molar-refractivity contribution is -0.139. The van der Waals surface area contributed by atoms with Gasteiger partial charge in [-0.25, -0.2) is 0 Å². The van der Waals surface area contributed by atoms with E-state index in [0.717, 1.165) is 6.42 Å². The van der Waals surface area contributed by atoms with Crippen molar-refractivity contribution in [3.63, 3.8) is 0 Å². The highest BCUT2D eigenvalue weighted by molar-refractivity contribution is 5.73. The van der Waals surface area contributed by atoms with E-state index >= 15 is 0 Å². The minimum Gasteiger partial charge on any atom is -0.480 e. The summed E-state index contributed by atoms with van der Waals surface area (Å²) >= 11 is 0. The number of carbonyl (C=O) groups is 1. The highest BCUT2D eigenvalue weighted by atomic mass is 16.4. The minimum absolute atomic E-state index is 0.455. The van der Waals surface area contributed by atoms with Gasteiger partial charge in [-0.1, -0.05) is 0 Å². The van der Waals surface area contributed by atoms with E-state index in [0.29, 0.717) is 12.8 Å². The van der Waals surface area contributed by atoms with Crippen LogP contribution in [-0.2, 0) is 4.79 Å². The molecule has 0 aliphatic rings. The van der Waals surface area contributed by atoms with E-state index in [2.05, 4.69) is 11.2 Å². The molecule has 0 rings (SSSR count). The number of carboxylic acids is 1. The highest BCUT2D eigenvalue weighted by Crippen LogP contribution is 1.99. The highest BCUT2D eigenvalue weighted by Gasteiger charge is 2.12. The number of unbranched alkanes of at least 4 members (excludes halogenated alkanes) is 1. The van der Waals surface area contributed by atoms with E-state index in [9.17, 15) is 4.79 Å². The number of terminal acetylenes is 1. The summed E-state index contributed by atoms with van der Waals surface area (Å²) in [6, 6.07) is -0.455. The summed E-state index contributed by atoms with van der Waals surface area (Å²) in [7, 11) is 1.63. The van der Waals surface area contributed by atoms with Gasteiger partial charge in [-0.2, -0.15) is 0 Å². The van der Waals surface area contributed by atoms with Crippen LogP contribution in [0.2, 0.25) is 0 Å². The van der Waals surface area contributed by atoms with Gasteiger partial charge in [0.2, 0.25) is 0 Å². The molecule has 0 aliphatic heterocycles. The Morgan fingerprint density at radius 3 is 2.82 bits per heavy atom. The molecule has 0 saturated heterocycles. The number of hydrogen-bond acceptors (Lipinski definition) is 2. The topological polar surface area (TPSA) is 49.3 Å². The Morgan fingerprint density at radius 2 is 2.45 bits per heavy atom. The molecule has 0 spiro atoms. The summed E-state index contributed by atoms with van der Waals surface area (Å²) in [5.74, 6) is 1.65. The number of likely N-dealkylation sites (N-methyl/N-ethyl adjacent to an activating group) is 1. The van der Waals surface area contributed by atoms with Crippen molar-refractivity contribution in [3.8, 4) is 12.3 Å². The van der Waals surface area contributed by atoms with Crippen molar-refractivity contribution in [1.29, 1.82) is 0 Å². The van der Waals surface area contributed by atoms with E-state index in [1.807, 2.05) is 0 Å². The zero-order valence-corrected chi connectivity index (χ0v) is 6.63. The van der Waals surface area contributed by atoms with Gasteiger partial charge in [0.05, 0.1) is 0 Å². The average molecular weight is 155 g/mol. The summed E-state index contributed by atoms with van der Waals surface area (Å²) in [6.07, 6.45) is 7.01. The van der Waals surface area contributed by atoms with E-state index < -0.39 is 12.0 Å². The molecule has 0 aliphatic carbocycles. The summed E-state index contributed by atoms with van der Waals surface area (Å²) < 4.78 is 0. The minimum atomic E-state index is -0.815. The van der Waals surface area contributed by atoms with Gasteiger partial charge in [-0.3, -0.25) is 4.79 Å². The van der Waals surface area contributed by atoms with Crippen molar-refractivity contribution in [3.05, 3.63) is 0 Å². The molecule has 0 heterocycles. The second-order valence-corrected chi connectivity index (χ2v) is 2.28. The zero-order valence-electron chi connectivity index (χ0n) is 6.63. The molecule has 1 atom stereocenters. The maximum atomic E-state index is 10.4. The SMILES string of the molecule is C#CCCCC(NC)C(=O)O. The van der Waals surface area contributed by atoms with Gasteiger partial charge in [0.25, 0.3) is 0 Å². The third-order valence-corrected chi connectivity index (χ3v) is 1.46. The maximum absolute atomic E-state index is 10.4. The van der Waals surface area contributed by atoms with Crippen molar-refractivity contribution in [1.82, 2.24) is 5.32 Å². The Balaban J connectivity index is 3.54. The van der Waals surface area contributed by atoms with Crippen LogP contribution in [0.1, 0.15) is 19.3 Å². The number of hydrogen-bond donors (Lipinski definition) is 2. The number of rotatable bonds is 5. The Labute approximate surface area is 66.8 Å². The number of aliphatic carboxylic acids is 1. The van der Waals surface area contributed by atoms with Crippen LogP contribution in [0.15, 0.2) is 0 Å². The first kappa shape index (κ1) is 9.99. The van der Waals surface area contributed by atoms with Crippen LogP contribution in [-0.4, -0.2) is 24.2 Å². The predicted octanol–water partition coefficient (Wildman–Crippen LogP) is 0.463. The molecule has 3 heteroatoms. The zero-order chi connectivity index (χ0) is 8.69. The summed E-state index contributed by atoms with van der Waals surface area (Å²) in [6.45, 7) is 0.